The number of thioether (sulfide) groups is 1. The van der Waals surface area contributed by atoms with E-state index in [4.69, 9.17) is 19.3 Å². The number of nitrogens with zero attached hydrogens (tertiary/aromatic N) is 3. The molecule has 2 aromatic carbocycles. The van der Waals surface area contributed by atoms with Gasteiger partial charge in [-0.15, -0.1) is 23.1 Å². The first-order chi connectivity index (χ1) is 21.0. The molecule has 2 aliphatic rings. The predicted molar refractivity (Wildman–Crippen MR) is 170 cm³/mol. The van der Waals surface area contributed by atoms with Crippen molar-refractivity contribution in [3.05, 3.63) is 76.7 Å². The largest absolute Gasteiger partial charge is 0.497 e. The van der Waals surface area contributed by atoms with E-state index in [1.54, 1.807) is 30.5 Å². The molecule has 9 nitrogen and oxygen atoms in total. The highest BCUT2D eigenvalue weighted by molar-refractivity contribution is 8.00. The summed E-state index contributed by atoms with van der Waals surface area (Å²) in [6, 6.07) is 17.7. The fraction of sp³-hybridized carbons (Fsp3) is 0.344. The van der Waals surface area contributed by atoms with Crippen LogP contribution in [0.4, 0.5) is 5.82 Å². The first-order valence-corrected chi connectivity index (χ1v) is 16.2. The van der Waals surface area contributed by atoms with Gasteiger partial charge in [0, 0.05) is 24.3 Å². The minimum atomic E-state index is -0.334. The highest BCUT2D eigenvalue weighted by atomic mass is 32.2. The fourth-order valence-corrected chi connectivity index (χ4v) is 7.54. The van der Waals surface area contributed by atoms with Gasteiger partial charge in [-0.1, -0.05) is 24.3 Å². The van der Waals surface area contributed by atoms with Crippen molar-refractivity contribution in [2.75, 3.05) is 44.6 Å². The summed E-state index contributed by atoms with van der Waals surface area (Å²) in [5.41, 5.74) is 4.30. The van der Waals surface area contributed by atoms with Gasteiger partial charge in [0.05, 0.1) is 41.9 Å². The molecule has 0 radical (unpaired) electrons. The number of anilines is 1. The van der Waals surface area contributed by atoms with E-state index in [2.05, 4.69) is 5.32 Å². The molecule has 2 atom stereocenters. The molecule has 6 rings (SSSR count). The van der Waals surface area contributed by atoms with Crippen molar-refractivity contribution >= 4 is 40.7 Å². The van der Waals surface area contributed by atoms with Crippen LogP contribution in [0.5, 0.6) is 11.5 Å². The van der Waals surface area contributed by atoms with Crippen molar-refractivity contribution in [1.82, 2.24) is 15.1 Å². The number of methoxy groups -OCH3 is 2. The minimum Gasteiger partial charge on any atom is -0.497 e. The third kappa shape index (κ3) is 5.89. The van der Waals surface area contributed by atoms with Crippen LogP contribution < -0.4 is 19.7 Å². The predicted octanol–water partition coefficient (Wildman–Crippen LogP) is 5.39. The van der Waals surface area contributed by atoms with Gasteiger partial charge in [-0.2, -0.15) is 5.10 Å². The molecular weight excluding hydrogens is 585 g/mol. The third-order valence-electron chi connectivity index (χ3n) is 7.76. The van der Waals surface area contributed by atoms with Crippen molar-refractivity contribution in [3.8, 4) is 27.8 Å². The SMILES string of the molecule is COc1ccc(OC)c([C@H]2SCC(=O)N(CC(=O)NC[C@@H]3CCCO3)c3c2c(-c2cccs2)nn3-c2ccccc2C)c1. The topological polar surface area (TPSA) is 94.9 Å². The van der Waals surface area contributed by atoms with Gasteiger partial charge in [0.25, 0.3) is 0 Å². The number of amides is 2. The van der Waals surface area contributed by atoms with Gasteiger partial charge >= 0.3 is 0 Å². The summed E-state index contributed by atoms with van der Waals surface area (Å²) in [5, 5.41) is 9.85. The normalized spacial score (nSPS) is 18.3. The summed E-state index contributed by atoms with van der Waals surface area (Å²) < 4.78 is 18.9. The van der Waals surface area contributed by atoms with E-state index in [0.29, 0.717) is 30.5 Å². The Bertz CT molecular complexity index is 1610. The number of fused-ring (bicyclic) bond motifs is 1. The number of rotatable bonds is 9. The summed E-state index contributed by atoms with van der Waals surface area (Å²) in [6.07, 6.45) is 1.91. The zero-order valence-electron chi connectivity index (χ0n) is 24.4. The lowest BCUT2D eigenvalue weighted by Crippen LogP contribution is -2.44. The number of hydrogen-bond acceptors (Lipinski definition) is 8. The first-order valence-electron chi connectivity index (χ1n) is 14.2. The summed E-state index contributed by atoms with van der Waals surface area (Å²) in [7, 11) is 3.27. The van der Waals surface area contributed by atoms with Crippen LogP contribution in [-0.2, 0) is 14.3 Å². The molecule has 2 aliphatic heterocycles. The van der Waals surface area contributed by atoms with Gasteiger partial charge in [-0.3, -0.25) is 14.5 Å². The molecule has 224 valence electrons. The van der Waals surface area contributed by atoms with Gasteiger partial charge in [0.1, 0.15) is 29.6 Å². The molecule has 2 amide bonds. The Morgan fingerprint density at radius 2 is 2.00 bits per heavy atom. The zero-order valence-corrected chi connectivity index (χ0v) is 26.0. The number of para-hydroxylation sites is 1. The van der Waals surface area contributed by atoms with Crippen LogP contribution in [0.15, 0.2) is 60.0 Å². The highest BCUT2D eigenvalue weighted by Crippen LogP contribution is 2.51. The second kappa shape index (κ2) is 12.8. The Morgan fingerprint density at radius 3 is 2.72 bits per heavy atom. The number of nitrogens with one attached hydrogen (secondary N) is 1. The molecular formula is C32H34N4O5S2. The monoisotopic (exact) mass is 618 g/mol. The average molecular weight is 619 g/mol. The van der Waals surface area contributed by atoms with E-state index in [1.165, 1.54) is 11.8 Å². The van der Waals surface area contributed by atoms with Crippen LogP contribution in [0.25, 0.3) is 16.3 Å². The lowest BCUT2D eigenvalue weighted by atomic mass is 10.0. The number of aryl methyl sites for hydroxylation is 1. The Labute approximate surface area is 259 Å². The van der Waals surface area contributed by atoms with E-state index >= 15 is 0 Å². The lowest BCUT2D eigenvalue weighted by Gasteiger charge is -2.24. The summed E-state index contributed by atoms with van der Waals surface area (Å²) in [6.45, 7) is 3.01. The van der Waals surface area contributed by atoms with E-state index in [9.17, 15) is 9.59 Å². The van der Waals surface area contributed by atoms with Crippen molar-refractivity contribution < 1.29 is 23.8 Å². The lowest BCUT2D eigenvalue weighted by molar-refractivity contribution is -0.123. The highest BCUT2D eigenvalue weighted by Gasteiger charge is 2.39. The third-order valence-corrected chi connectivity index (χ3v) is 9.87. The van der Waals surface area contributed by atoms with Crippen LogP contribution in [-0.4, -0.2) is 67.4 Å². The van der Waals surface area contributed by atoms with Crippen LogP contribution in [0.2, 0.25) is 0 Å². The van der Waals surface area contributed by atoms with Crippen molar-refractivity contribution in [2.45, 2.75) is 31.1 Å². The van der Waals surface area contributed by atoms with Gasteiger partial charge in [-0.05, 0) is 61.0 Å². The molecule has 43 heavy (non-hydrogen) atoms. The molecule has 1 N–H and O–H groups in total. The van der Waals surface area contributed by atoms with Crippen molar-refractivity contribution in [2.24, 2.45) is 0 Å². The Hall–Kier alpha value is -3.80. The van der Waals surface area contributed by atoms with E-state index in [-0.39, 0.29) is 35.5 Å². The van der Waals surface area contributed by atoms with Gasteiger partial charge in [-0.25, -0.2) is 4.68 Å². The van der Waals surface area contributed by atoms with Gasteiger partial charge < -0.3 is 19.5 Å². The minimum absolute atomic E-state index is 0.00253. The standard InChI is InChI=1S/C32H34N4O5S2/c1-20-8-4-5-10-24(20)36-32-29(30(34-36)26-11-7-15-42-26)31(23-16-21(39-2)12-13-25(23)40-3)43-19-28(38)35(32)18-27(37)33-17-22-9-6-14-41-22/h4-5,7-8,10-13,15-16,22,31H,6,9,14,17-19H2,1-3H3,(H,33,37)/t22-,31+/m0/s1. The second-order valence-corrected chi connectivity index (χ2v) is 12.5. The molecule has 1 saturated heterocycles. The number of hydrogen-bond donors (Lipinski definition) is 1. The molecule has 0 saturated carbocycles. The molecule has 4 heterocycles. The molecule has 2 aromatic heterocycles. The molecule has 0 aliphatic carbocycles. The summed E-state index contributed by atoms with van der Waals surface area (Å²) in [4.78, 5) is 29.9. The van der Waals surface area contributed by atoms with Gasteiger partial charge in [0.2, 0.25) is 11.8 Å². The first kappa shape index (κ1) is 29.3. The smallest absolute Gasteiger partial charge is 0.240 e. The van der Waals surface area contributed by atoms with Crippen molar-refractivity contribution in [1.29, 1.82) is 0 Å². The maximum Gasteiger partial charge on any atom is 0.240 e. The summed E-state index contributed by atoms with van der Waals surface area (Å²) in [5.74, 6) is 1.69. The van der Waals surface area contributed by atoms with Crippen molar-refractivity contribution in [3.63, 3.8) is 0 Å². The second-order valence-electron chi connectivity index (χ2n) is 10.5. The van der Waals surface area contributed by atoms with Crippen LogP contribution >= 0.6 is 23.1 Å². The van der Waals surface area contributed by atoms with E-state index in [1.807, 2.05) is 71.6 Å². The molecule has 0 bridgehead atoms. The van der Waals surface area contributed by atoms with E-state index in [0.717, 1.165) is 45.8 Å². The number of thiophene rings is 1. The Balaban J connectivity index is 1.55. The number of carbonyl (C=O) groups is 2. The molecule has 0 spiro atoms. The molecule has 4 aromatic rings. The Morgan fingerprint density at radius 1 is 1.14 bits per heavy atom. The molecule has 11 heteroatoms. The average Bonchev–Trinajstić information content (AvgIpc) is 3.80. The quantitative estimate of drug-likeness (QED) is 0.269. The van der Waals surface area contributed by atoms with Gasteiger partial charge in [0.15, 0.2) is 0 Å². The van der Waals surface area contributed by atoms with Crippen LogP contribution in [0, 0.1) is 6.92 Å². The Kier molecular flexibility index (Phi) is 8.73. The number of aromatic nitrogens is 2. The summed E-state index contributed by atoms with van der Waals surface area (Å²) >= 11 is 3.08. The number of ether oxygens (including phenoxy) is 3. The maximum atomic E-state index is 14.0. The fourth-order valence-electron chi connectivity index (χ4n) is 5.61. The zero-order chi connectivity index (χ0) is 29.9. The van der Waals surface area contributed by atoms with Crippen LogP contribution in [0.1, 0.15) is 34.8 Å². The number of benzene rings is 2. The molecule has 0 unspecified atom stereocenters. The molecule has 1 fully saturated rings. The van der Waals surface area contributed by atoms with E-state index < -0.39 is 0 Å². The number of carbonyl (C=O) groups excluding carboxylic acids is 2. The van der Waals surface area contributed by atoms with Crippen LogP contribution in [0.3, 0.4) is 0 Å². The maximum absolute atomic E-state index is 14.0.